The zero-order chi connectivity index (χ0) is 14.4. The molecule has 5 heteroatoms. The second kappa shape index (κ2) is 7.50. The fraction of sp³-hybridized carbons (Fsp3) is 0.867. The van der Waals surface area contributed by atoms with Crippen molar-refractivity contribution in [1.82, 2.24) is 10.2 Å². The van der Waals surface area contributed by atoms with Crippen molar-refractivity contribution in [2.45, 2.75) is 51.4 Å². The zero-order valence-electron chi connectivity index (χ0n) is 12.1. The molecule has 0 radical (unpaired) electrons. The molecular formula is C15H26N2O3. The molecule has 2 N–H and O–H groups in total. The van der Waals surface area contributed by atoms with Gasteiger partial charge < -0.3 is 15.3 Å². The van der Waals surface area contributed by atoms with E-state index < -0.39 is 5.97 Å². The van der Waals surface area contributed by atoms with Crippen molar-refractivity contribution in [1.29, 1.82) is 0 Å². The molecule has 20 heavy (non-hydrogen) atoms. The molecule has 1 aliphatic carbocycles. The minimum Gasteiger partial charge on any atom is -0.481 e. The van der Waals surface area contributed by atoms with E-state index in [1.165, 1.54) is 12.8 Å². The molecule has 0 atom stereocenters. The Labute approximate surface area is 120 Å². The van der Waals surface area contributed by atoms with Crippen molar-refractivity contribution in [3.63, 3.8) is 0 Å². The van der Waals surface area contributed by atoms with E-state index in [2.05, 4.69) is 5.32 Å². The number of carboxylic acid groups (broad SMARTS) is 1. The van der Waals surface area contributed by atoms with Crippen LogP contribution in [0.3, 0.4) is 0 Å². The van der Waals surface area contributed by atoms with E-state index in [1.54, 1.807) is 0 Å². The van der Waals surface area contributed by atoms with Gasteiger partial charge in [-0.2, -0.15) is 0 Å². The lowest BCUT2D eigenvalue weighted by molar-refractivity contribution is -0.143. The summed E-state index contributed by atoms with van der Waals surface area (Å²) in [6.07, 6.45) is 7.99. The third-order valence-electron chi connectivity index (χ3n) is 4.63. The van der Waals surface area contributed by atoms with Crippen molar-refractivity contribution >= 4 is 12.0 Å². The van der Waals surface area contributed by atoms with E-state index in [1.807, 2.05) is 4.90 Å². The monoisotopic (exact) mass is 282 g/mol. The summed E-state index contributed by atoms with van der Waals surface area (Å²) in [5.74, 6) is -0.397. The van der Waals surface area contributed by atoms with Crippen LogP contribution in [0.25, 0.3) is 0 Å². The summed E-state index contributed by atoms with van der Waals surface area (Å²) in [4.78, 5) is 24.9. The van der Waals surface area contributed by atoms with Crippen LogP contribution in [-0.2, 0) is 4.79 Å². The van der Waals surface area contributed by atoms with Crippen molar-refractivity contribution in [2.75, 3.05) is 19.6 Å². The maximum Gasteiger partial charge on any atom is 0.317 e. The molecule has 5 nitrogen and oxygen atoms in total. The molecule has 0 unspecified atom stereocenters. The third-order valence-corrected chi connectivity index (χ3v) is 4.63. The van der Waals surface area contributed by atoms with Gasteiger partial charge in [0.05, 0.1) is 5.92 Å². The SMILES string of the molecule is O=C(O)C1CCC(CNC(=O)N2CCCCCC2)CC1. The number of rotatable bonds is 3. The first-order chi connectivity index (χ1) is 9.66. The van der Waals surface area contributed by atoms with Crippen LogP contribution in [0.15, 0.2) is 0 Å². The largest absolute Gasteiger partial charge is 0.481 e. The first-order valence-electron chi connectivity index (χ1n) is 7.92. The molecule has 114 valence electrons. The van der Waals surface area contributed by atoms with Gasteiger partial charge in [0.15, 0.2) is 0 Å². The highest BCUT2D eigenvalue weighted by Gasteiger charge is 2.26. The minimum atomic E-state index is -0.669. The lowest BCUT2D eigenvalue weighted by Crippen LogP contribution is -2.42. The Kier molecular flexibility index (Phi) is 5.68. The van der Waals surface area contributed by atoms with Gasteiger partial charge >= 0.3 is 12.0 Å². The zero-order valence-corrected chi connectivity index (χ0v) is 12.1. The molecule has 1 saturated heterocycles. The predicted molar refractivity (Wildman–Crippen MR) is 76.5 cm³/mol. The molecule has 1 heterocycles. The fourth-order valence-corrected chi connectivity index (χ4v) is 3.23. The lowest BCUT2D eigenvalue weighted by Gasteiger charge is -2.27. The van der Waals surface area contributed by atoms with Crippen LogP contribution in [0.2, 0.25) is 0 Å². The minimum absolute atomic E-state index is 0.0623. The summed E-state index contributed by atoms with van der Waals surface area (Å²) in [5.41, 5.74) is 0. The second-order valence-corrected chi connectivity index (χ2v) is 6.14. The molecule has 2 aliphatic rings. The standard InChI is InChI=1S/C15H26N2O3/c18-14(19)13-7-5-12(6-8-13)11-16-15(20)17-9-3-1-2-4-10-17/h12-13H,1-11H2,(H,16,20)(H,18,19). The molecular weight excluding hydrogens is 256 g/mol. The van der Waals surface area contributed by atoms with Crippen LogP contribution < -0.4 is 5.32 Å². The highest BCUT2D eigenvalue weighted by Crippen LogP contribution is 2.28. The molecule has 0 bridgehead atoms. The molecule has 0 aromatic carbocycles. The number of carbonyl (C=O) groups is 2. The molecule has 2 fully saturated rings. The number of nitrogens with one attached hydrogen (secondary N) is 1. The van der Waals surface area contributed by atoms with E-state index in [0.29, 0.717) is 12.5 Å². The lowest BCUT2D eigenvalue weighted by atomic mass is 9.82. The third kappa shape index (κ3) is 4.39. The maximum absolute atomic E-state index is 12.1. The van der Waals surface area contributed by atoms with Crippen LogP contribution in [0.5, 0.6) is 0 Å². The quantitative estimate of drug-likeness (QED) is 0.835. The second-order valence-electron chi connectivity index (χ2n) is 6.14. The van der Waals surface area contributed by atoms with Gasteiger partial charge in [0.2, 0.25) is 0 Å². The van der Waals surface area contributed by atoms with Gasteiger partial charge in [-0.05, 0) is 44.4 Å². The number of urea groups is 1. The number of carbonyl (C=O) groups excluding carboxylic acids is 1. The highest BCUT2D eigenvalue weighted by atomic mass is 16.4. The summed E-state index contributed by atoms with van der Waals surface area (Å²) in [7, 11) is 0. The Balaban J connectivity index is 1.67. The Bertz CT molecular complexity index is 330. The Morgan fingerprint density at radius 3 is 2.15 bits per heavy atom. The maximum atomic E-state index is 12.1. The highest BCUT2D eigenvalue weighted by molar-refractivity contribution is 5.74. The molecule has 0 aromatic heterocycles. The van der Waals surface area contributed by atoms with Crippen molar-refractivity contribution in [2.24, 2.45) is 11.8 Å². The molecule has 0 spiro atoms. The van der Waals surface area contributed by atoms with E-state index in [9.17, 15) is 9.59 Å². The number of aliphatic carboxylic acids is 1. The molecule has 2 amide bonds. The Morgan fingerprint density at radius 1 is 1.00 bits per heavy atom. The van der Waals surface area contributed by atoms with E-state index >= 15 is 0 Å². The van der Waals surface area contributed by atoms with Crippen LogP contribution in [-0.4, -0.2) is 41.6 Å². The van der Waals surface area contributed by atoms with Gasteiger partial charge in [-0.25, -0.2) is 4.79 Å². The summed E-state index contributed by atoms with van der Waals surface area (Å²) < 4.78 is 0. The molecule has 1 saturated carbocycles. The number of amides is 2. The summed E-state index contributed by atoms with van der Waals surface area (Å²) in [6.45, 7) is 2.44. The smallest absolute Gasteiger partial charge is 0.317 e. The summed E-state index contributed by atoms with van der Waals surface area (Å²) in [5, 5.41) is 12.0. The summed E-state index contributed by atoms with van der Waals surface area (Å²) >= 11 is 0. The van der Waals surface area contributed by atoms with Gasteiger partial charge in [-0.15, -0.1) is 0 Å². The summed E-state index contributed by atoms with van der Waals surface area (Å²) in [6, 6.07) is 0.0623. The first kappa shape index (κ1) is 15.1. The number of hydrogen-bond acceptors (Lipinski definition) is 2. The molecule has 0 aromatic rings. The van der Waals surface area contributed by atoms with Crippen molar-refractivity contribution in [3.05, 3.63) is 0 Å². The topological polar surface area (TPSA) is 69.6 Å². The Morgan fingerprint density at radius 2 is 1.60 bits per heavy atom. The van der Waals surface area contributed by atoms with Crippen LogP contribution in [0.4, 0.5) is 4.79 Å². The number of likely N-dealkylation sites (tertiary alicyclic amines) is 1. The number of hydrogen-bond donors (Lipinski definition) is 2. The van der Waals surface area contributed by atoms with Crippen molar-refractivity contribution < 1.29 is 14.7 Å². The van der Waals surface area contributed by atoms with Gasteiger partial charge in [-0.1, -0.05) is 12.8 Å². The van der Waals surface area contributed by atoms with Gasteiger partial charge in [0, 0.05) is 19.6 Å². The average Bonchev–Trinajstić information content (AvgIpc) is 2.74. The van der Waals surface area contributed by atoms with Crippen LogP contribution in [0.1, 0.15) is 51.4 Å². The average molecular weight is 282 g/mol. The van der Waals surface area contributed by atoms with Crippen LogP contribution in [0, 0.1) is 11.8 Å². The fourth-order valence-electron chi connectivity index (χ4n) is 3.23. The van der Waals surface area contributed by atoms with Gasteiger partial charge in [0.1, 0.15) is 0 Å². The first-order valence-corrected chi connectivity index (χ1v) is 7.92. The van der Waals surface area contributed by atoms with Crippen LogP contribution >= 0.6 is 0 Å². The van der Waals surface area contributed by atoms with Crippen molar-refractivity contribution in [3.8, 4) is 0 Å². The van der Waals surface area contributed by atoms with Gasteiger partial charge in [-0.3, -0.25) is 4.79 Å². The van der Waals surface area contributed by atoms with Gasteiger partial charge in [0.25, 0.3) is 0 Å². The predicted octanol–water partition coefficient (Wildman–Crippen LogP) is 2.46. The van der Waals surface area contributed by atoms with E-state index in [4.69, 9.17) is 5.11 Å². The molecule has 1 aliphatic heterocycles. The number of carboxylic acids is 1. The molecule has 2 rings (SSSR count). The number of nitrogens with zero attached hydrogens (tertiary/aromatic N) is 1. The van der Waals surface area contributed by atoms with E-state index in [0.717, 1.165) is 51.6 Å². The van der Waals surface area contributed by atoms with E-state index in [-0.39, 0.29) is 11.9 Å². The normalized spacial score (nSPS) is 27.7. The Hall–Kier alpha value is -1.26.